The van der Waals surface area contributed by atoms with Gasteiger partial charge in [0.15, 0.2) is 11.5 Å². The Bertz CT molecular complexity index is 761. The zero-order valence-electron chi connectivity index (χ0n) is 15.7. The van der Waals surface area contributed by atoms with Crippen LogP contribution in [0.1, 0.15) is 67.1 Å². The number of rotatable bonds is 6. The Kier molecular flexibility index (Phi) is 5.76. The van der Waals surface area contributed by atoms with Crippen LogP contribution in [0.15, 0.2) is 6.20 Å². The van der Waals surface area contributed by atoms with E-state index in [1.54, 1.807) is 10.9 Å². The molecule has 2 aliphatic heterocycles. The molecule has 0 unspecified atom stereocenters. The second-order valence-corrected chi connectivity index (χ2v) is 7.48. The van der Waals surface area contributed by atoms with Gasteiger partial charge in [0.05, 0.1) is 12.7 Å². The van der Waals surface area contributed by atoms with Crippen LogP contribution in [0.5, 0.6) is 0 Å². The summed E-state index contributed by atoms with van der Waals surface area (Å²) in [6.45, 7) is 3.17. The van der Waals surface area contributed by atoms with Crippen molar-refractivity contribution in [3.05, 3.63) is 23.5 Å². The van der Waals surface area contributed by atoms with Crippen molar-refractivity contribution >= 4 is 5.91 Å². The predicted molar refractivity (Wildman–Crippen MR) is 99.0 cm³/mol. The molecule has 1 atom stereocenters. The highest BCUT2D eigenvalue weighted by atomic mass is 16.2. The van der Waals surface area contributed by atoms with Crippen LogP contribution in [0.3, 0.4) is 0 Å². The number of hydrogen-bond donors (Lipinski definition) is 2. The molecular weight excluding hydrogens is 344 g/mol. The lowest BCUT2D eigenvalue weighted by Gasteiger charge is -2.23. The van der Waals surface area contributed by atoms with Gasteiger partial charge in [-0.05, 0) is 38.6 Å². The maximum atomic E-state index is 12.4. The molecular formula is C18H28N8O. The highest BCUT2D eigenvalue weighted by Crippen LogP contribution is 2.14. The molecule has 2 N–H and O–H groups in total. The topological polar surface area (TPSA) is 103 Å². The van der Waals surface area contributed by atoms with Gasteiger partial charge in [-0.2, -0.15) is 0 Å². The Labute approximate surface area is 158 Å². The minimum atomic E-state index is -0.219. The average Bonchev–Trinajstić information content (AvgIpc) is 3.26. The van der Waals surface area contributed by atoms with E-state index in [9.17, 15) is 4.79 Å². The van der Waals surface area contributed by atoms with Crippen molar-refractivity contribution in [2.24, 2.45) is 0 Å². The zero-order chi connectivity index (χ0) is 18.5. The quantitative estimate of drug-likeness (QED) is 0.786. The molecule has 0 aromatic carbocycles. The number of aromatic nitrogens is 6. The first-order chi connectivity index (χ1) is 13.3. The van der Waals surface area contributed by atoms with E-state index in [-0.39, 0.29) is 5.91 Å². The Morgan fingerprint density at radius 1 is 1.19 bits per heavy atom. The van der Waals surface area contributed by atoms with Gasteiger partial charge in [-0.15, -0.1) is 15.3 Å². The van der Waals surface area contributed by atoms with Gasteiger partial charge < -0.3 is 15.2 Å². The maximum absolute atomic E-state index is 12.4. The minimum absolute atomic E-state index is 0.219. The lowest BCUT2D eigenvalue weighted by atomic mass is 10.0. The molecule has 0 saturated carbocycles. The standard InChI is InChI=1S/C18H28N8O/c27-18(20-12-17-23-22-16-7-2-1-5-10-26(16)17)15-13-25(24-21-15)11-8-14-6-3-4-9-19-14/h13-14,19H,1-12H2,(H,20,27)/t14-/m1/s1. The Morgan fingerprint density at radius 3 is 3.04 bits per heavy atom. The lowest BCUT2D eigenvalue weighted by Crippen LogP contribution is -2.34. The molecule has 0 spiro atoms. The monoisotopic (exact) mass is 372 g/mol. The van der Waals surface area contributed by atoms with Crippen molar-refractivity contribution < 1.29 is 4.79 Å². The fourth-order valence-corrected chi connectivity index (χ4v) is 3.90. The lowest BCUT2D eigenvalue weighted by molar-refractivity contribution is 0.0944. The normalized spacial score (nSPS) is 20.1. The Morgan fingerprint density at radius 2 is 2.15 bits per heavy atom. The van der Waals surface area contributed by atoms with Gasteiger partial charge >= 0.3 is 0 Å². The molecule has 0 aliphatic carbocycles. The smallest absolute Gasteiger partial charge is 0.273 e. The summed E-state index contributed by atoms with van der Waals surface area (Å²) >= 11 is 0. The summed E-state index contributed by atoms with van der Waals surface area (Å²) in [4.78, 5) is 12.4. The summed E-state index contributed by atoms with van der Waals surface area (Å²) in [5, 5.41) is 23.0. The molecule has 0 bridgehead atoms. The molecule has 1 saturated heterocycles. The molecule has 2 aliphatic rings. The van der Waals surface area contributed by atoms with Crippen LogP contribution < -0.4 is 10.6 Å². The number of amides is 1. The maximum Gasteiger partial charge on any atom is 0.273 e. The predicted octanol–water partition coefficient (Wildman–Crippen LogP) is 1.06. The summed E-state index contributed by atoms with van der Waals surface area (Å²) in [6.07, 6.45) is 11.0. The second kappa shape index (κ2) is 8.60. The third-order valence-corrected chi connectivity index (χ3v) is 5.48. The molecule has 9 heteroatoms. The van der Waals surface area contributed by atoms with Gasteiger partial charge in [0.2, 0.25) is 0 Å². The number of aryl methyl sites for hydroxylation is 2. The van der Waals surface area contributed by atoms with Crippen molar-refractivity contribution in [2.75, 3.05) is 6.54 Å². The minimum Gasteiger partial charge on any atom is -0.343 e. The molecule has 146 valence electrons. The van der Waals surface area contributed by atoms with E-state index >= 15 is 0 Å². The fourth-order valence-electron chi connectivity index (χ4n) is 3.90. The summed E-state index contributed by atoms with van der Waals surface area (Å²) in [7, 11) is 0. The molecule has 27 heavy (non-hydrogen) atoms. The second-order valence-electron chi connectivity index (χ2n) is 7.48. The average molecular weight is 372 g/mol. The molecule has 9 nitrogen and oxygen atoms in total. The van der Waals surface area contributed by atoms with Crippen LogP contribution in [0.4, 0.5) is 0 Å². The zero-order valence-corrected chi connectivity index (χ0v) is 15.7. The van der Waals surface area contributed by atoms with E-state index in [1.165, 1.54) is 25.7 Å². The summed E-state index contributed by atoms with van der Waals surface area (Å²) < 4.78 is 3.90. The number of hydrogen-bond acceptors (Lipinski definition) is 6. The third-order valence-electron chi connectivity index (χ3n) is 5.48. The number of fused-ring (bicyclic) bond motifs is 1. The Hall–Kier alpha value is -2.29. The largest absolute Gasteiger partial charge is 0.343 e. The van der Waals surface area contributed by atoms with Gasteiger partial charge in [-0.3, -0.25) is 9.48 Å². The molecule has 2 aromatic rings. The van der Waals surface area contributed by atoms with Crippen molar-refractivity contribution in [1.82, 2.24) is 40.4 Å². The van der Waals surface area contributed by atoms with E-state index in [2.05, 4.69) is 35.7 Å². The number of nitrogens with one attached hydrogen (secondary N) is 2. The first-order valence-corrected chi connectivity index (χ1v) is 10.1. The van der Waals surface area contributed by atoms with Crippen molar-refractivity contribution in [2.45, 2.75) is 77.0 Å². The van der Waals surface area contributed by atoms with Gasteiger partial charge in [0, 0.05) is 25.6 Å². The van der Waals surface area contributed by atoms with Crippen molar-refractivity contribution in [3.8, 4) is 0 Å². The summed E-state index contributed by atoms with van der Waals surface area (Å²) in [5.41, 5.74) is 0.349. The van der Waals surface area contributed by atoms with Crippen molar-refractivity contribution in [3.63, 3.8) is 0 Å². The van der Waals surface area contributed by atoms with Crippen LogP contribution in [0.2, 0.25) is 0 Å². The van der Waals surface area contributed by atoms with Gasteiger partial charge in [-0.1, -0.05) is 18.1 Å². The third kappa shape index (κ3) is 4.52. The first kappa shape index (κ1) is 18.1. The molecule has 1 fully saturated rings. The molecule has 0 radical (unpaired) electrons. The molecule has 4 heterocycles. The summed E-state index contributed by atoms with van der Waals surface area (Å²) in [6, 6.07) is 0.545. The van der Waals surface area contributed by atoms with Crippen molar-refractivity contribution in [1.29, 1.82) is 0 Å². The number of nitrogens with zero attached hydrogens (tertiary/aromatic N) is 6. The molecule has 1 amide bonds. The van der Waals surface area contributed by atoms with E-state index in [0.29, 0.717) is 18.3 Å². The highest BCUT2D eigenvalue weighted by Gasteiger charge is 2.17. The van der Waals surface area contributed by atoms with Gasteiger partial charge in [-0.25, -0.2) is 0 Å². The van der Waals surface area contributed by atoms with E-state index in [1.807, 2.05) is 0 Å². The highest BCUT2D eigenvalue weighted by molar-refractivity contribution is 5.91. The van der Waals surface area contributed by atoms with Crippen LogP contribution in [0.25, 0.3) is 0 Å². The SMILES string of the molecule is O=C(NCc1nnc2n1CCCCC2)c1cn(CC[C@H]2CCCCN2)nn1. The number of piperidine rings is 1. The van der Waals surface area contributed by atoms with Crippen LogP contribution in [-0.2, 0) is 26.1 Å². The van der Waals surface area contributed by atoms with Crippen LogP contribution in [-0.4, -0.2) is 48.3 Å². The number of carbonyl (C=O) groups is 1. The Balaban J connectivity index is 1.29. The number of carbonyl (C=O) groups excluding carboxylic acids is 1. The summed E-state index contributed by atoms with van der Waals surface area (Å²) in [5.74, 6) is 1.62. The van der Waals surface area contributed by atoms with Crippen LogP contribution in [0, 0.1) is 0 Å². The molecule has 4 rings (SSSR count). The molecule has 2 aromatic heterocycles. The van der Waals surface area contributed by atoms with Gasteiger partial charge in [0.1, 0.15) is 5.82 Å². The van der Waals surface area contributed by atoms with E-state index in [0.717, 1.165) is 57.0 Å². The van der Waals surface area contributed by atoms with E-state index < -0.39 is 0 Å². The first-order valence-electron chi connectivity index (χ1n) is 10.1. The fraction of sp³-hybridized carbons (Fsp3) is 0.722. The van der Waals surface area contributed by atoms with Crippen LogP contribution >= 0.6 is 0 Å². The van der Waals surface area contributed by atoms with E-state index in [4.69, 9.17) is 0 Å². The van der Waals surface area contributed by atoms with Gasteiger partial charge in [0.25, 0.3) is 5.91 Å².